The predicted octanol–water partition coefficient (Wildman–Crippen LogP) is 2.38. The van der Waals surface area contributed by atoms with Gasteiger partial charge in [0.05, 0.1) is 0 Å². The highest BCUT2D eigenvalue weighted by atomic mass is 16.1. The van der Waals surface area contributed by atoms with Crippen molar-refractivity contribution < 1.29 is 4.79 Å². The molecule has 0 spiro atoms. The minimum Gasteiger partial charge on any atom is -0.294 e. The second kappa shape index (κ2) is 2.74. The third-order valence-corrected chi connectivity index (χ3v) is 2.50. The van der Waals surface area contributed by atoms with Gasteiger partial charge in [-0.05, 0) is 24.0 Å². The second-order valence-electron chi connectivity index (χ2n) is 3.27. The van der Waals surface area contributed by atoms with E-state index in [2.05, 4.69) is 19.1 Å². The number of carbonyl (C=O) groups excluding carboxylic acids is 1. The first-order chi connectivity index (χ1) is 5.81. The average Bonchev–Trinajstić information content (AvgIpc) is 2.47. The topological polar surface area (TPSA) is 17.1 Å². The van der Waals surface area contributed by atoms with Gasteiger partial charge >= 0.3 is 0 Å². The Morgan fingerprint density at radius 2 is 2.17 bits per heavy atom. The lowest BCUT2D eigenvalue weighted by Crippen LogP contribution is -1.91. The van der Waals surface area contributed by atoms with Gasteiger partial charge in [-0.2, -0.15) is 0 Å². The van der Waals surface area contributed by atoms with Crippen LogP contribution in [0.15, 0.2) is 18.2 Å². The zero-order valence-electron chi connectivity index (χ0n) is 7.26. The summed E-state index contributed by atoms with van der Waals surface area (Å²) in [7, 11) is 0. The second-order valence-corrected chi connectivity index (χ2v) is 3.27. The molecule has 1 aromatic rings. The lowest BCUT2D eigenvalue weighted by atomic mass is 10.0. The molecule has 0 aromatic heterocycles. The molecule has 0 unspecified atom stereocenters. The maximum atomic E-state index is 11.3. The first-order valence-corrected chi connectivity index (χ1v) is 4.46. The summed E-state index contributed by atoms with van der Waals surface area (Å²) in [6.07, 6.45) is 2.71. The number of hydrogen-bond donors (Lipinski definition) is 0. The van der Waals surface area contributed by atoms with E-state index < -0.39 is 0 Å². The molecule has 0 N–H and O–H groups in total. The molecule has 0 atom stereocenters. The number of rotatable bonds is 1. The van der Waals surface area contributed by atoms with Crippen molar-refractivity contribution in [3.05, 3.63) is 34.9 Å². The standard InChI is InChI=1S/C11H12O/c1-2-8-3-5-10-9(7-8)4-6-11(10)12/h3,5,7H,2,4,6H2,1H3. The van der Waals surface area contributed by atoms with Crippen LogP contribution >= 0.6 is 0 Å². The minimum absolute atomic E-state index is 0.313. The third kappa shape index (κ3) is 1.06. The van der Waals surface area contributed by atoms with Crippen LogP contribution in [0.25, 0.3) is 0 Å². The van der Waals surface area contributed by atoms with Gasteiger partial charge in [-0.25, -0.2) is 0 Å². The molecule has 1 aliphatic rings. The van der Waals surface area contributed by atoms with Crippen molar-refractivity contribution in [3.8, 4) is 0 Å². The zero-order chi connectivity index (χ0) is 8.55. The molecule has 1 heteroatoms. The van der Waals surface area contributed by atoms with Gasteiger partial charge in [0.2, 0.25) is 0 Å². The summed E-state index contributed by atoms with van der Waals surface area (Å²) in [4.78, 5) is 11.3. The molecule has 62 valence electrons. The van der Waals surface area contributed by atoms with Gasteiger partial charge in [-0.3, -0.25) is 4.79 Å². The summed E-state index contributed by atoms with van der Waals surface area (Å²) in [6.45, 7) is 2.14. The lowest BCUT2D eigenvalue weighted by molar-refractivity contribution is 0.0994. The van der Waals surface area contributed by atoms with Crippen LogP contribution in [-0.2, 0) is 12.8 Å². The first-order valence-electron chi connectivity index (χ1n) is 4.46. The van der Waals surface area contributed by atoms with Gasteiger partial charge in [-0.1, -0.05) is 25.1 Å². The van der Waals surface area contributed by atoms with E-state index in [9.17, 15) is 4.79 Å². The lowest BCUT2D eigenvalue weighted by Gasteiger charge is -2.00. The molecule has 12 heavy (non-hydrogen) atoms. The van der Waals surface area contributed by atoms with E-state index in [1.807, 2.05) is 6.07 Å². The van der Waals surface area contributed by atoms with E-state index in [-0.39, 0.29) is 0 Å². The number of ketones is 1. The average molecular weight is 160 g/mol. The van der Waals surface area contributed by atoms with Crippen LogP contribution in [0.1, 0.15) is 34.8 Å². The largest absolute Gasteiger partial charge is 0.294 e. The van der Waals surface area contributed by atoms with Crippen LogP contribution in [-0.4, -0.2) is 5.78 Å². The van der Waals surface area contributed by atoms with Crippen LogP contribution in [0.3, 0.4) is 0 Å². The van der Waals surface area contributed by atoms with Gasteiger partial charge in [0.1, 0.15) is 0 Å². The molecule has 0 aliphatic heterocycles. The summed E-state index contributed by atoms with van der Waals surface area (Å²) >= 11 is 0. The monoisotopic (exact) mass is 160 g/mol. The number of carbonyl (C=O) groups is 1. The molecule has 0 saturated carbocycles. The molecular formula is C11H12O. The maximum absolute atomic E-state index is 11.3. The Bertz CT molecular complexity index is 326. The number of fused-ring (bicyclic) bond motifs is 1. The zero-order valence-corrected chi connectivity index (χ0v) is 7.26. The normalized spacial score (nSPS) is 14.9. The minimum atomic E-state index is 0.313. The quantitative estimate of drug-likeness (QED) is 0.616. The Labute approximate surface area is 72.4 Å². The summed E-state index contributed by atoms with van der Waals surface area (Å²) in [6, 6.07) is 6.20. The van der Waals surface area contributed by atoms with Crippen molar-refractivity contribution in [2.75, 3.05) is 0 Å². The fraction of sp³-hybridized carbons (Fsp3) is 0.364. The van der Waals surface area contributed by atoms with E-state index in [1.54, 1.807) is 0 Å². The third-order valence-electron chi connectivity index (χ3n) is 2.50. The fourth-order valence-corrected chi connectivity index (χ4v) is 1.73. The summed E-state index contributed by atoms with van der Waals surface area (Å²) in [5.74, 6) is 0.313. The van der Waals surface area contributed by atoms with Crippen molar-refractivity contribution in [2.45, 2.75) is 26.2 Å². The molecule has 1 aliphatic carbocycles. The number of benzene rings is 1. The molecule has 0 fully saturated rings. The fourth-order valence-electron chi connectivity index (χ4n) is 1.73. The van der Waals surface area contributed by atoms with Crippen LogP contribution in [0.2, 0.25) is 0 Å². The maximum Gasteiger partial charge on any atom is 0.163 e. The van der Waals surface area contributed by atoms with E-state index in [0.717, 1.165) is 18.4 Å². The summed E-state index contributed by atoms with van der Waals surface area (Å²) < 4.78 is 0. The Morgan fingerprint density at radius 3 is 2.92 bits per heavy atom. The van der Waals surface area contributed by atoms with E-state index in [0.29, 0.717) is 12.2 Å². The van der Waals surface area contributed by atoms with Gasteiger partial charge in [0.25, 0.3) is 0 Å². The molecule has 1 aromatic carbocycles. The molecule has 0 saturated heterocycles. The van der Waals surface area contributed by atoms with Crippen molar-refractivity contribution in [1.82, 2.24) is 0 Å². The molecule has 0 radical (unpaired) electrons. The molecule has 0 amide bonds. The molecule has 2 rings (SSSR count). The van der Waals surface area contributed by atoms with Crippen molar-refractivity contribution >= 4 is 5.78 Å². The highest BCUT2D eigenvalue weighted by Crippen LogP contribution is 2.22. The highest BCUT2D eigenvalue weighted by Gasteiger charge is 2.18. The molecule has 0 heterocycles. The SMILES string of the molecule is CCc1ccc2c(c1)CCC2=O. The first kappa shape index (κ1) is 7.53. The van der Waals surface area contributed by atoms with E-state index in [1.165, 1.54) is 11.1 Å². The van der Waals surface area contributed by atoms with Crippen LogP contribution in [0.5, 0.6) is 0 Å². The predicted molar refractivity (Wildman–Crippen MR) is 48.5 cm³/mol. The van der Waals surface area contributed by atoms with E-state index >= 15 is 0 Å². The molecule has 0 bridgehead atoms. The Kier molecular flexibility index (Phi) is 1.72. The van der Waals surface area contributed by atoms with Gasteiger partial charge in [0.15, 0.2) is 5.78 Å². The Hall–Kier alpha value is -1.11. The van der Waals surface area contributed by atoms with Crippen molar-refractivity contribution in [3.63, 3.8) is 0 Å². The Morgan fingerprint density at radius 1 is 1.33 bits per heavy atom. The van der Waals surface area contributed by atoms with Gasteiger partial charge < -0.3 is 0 Å². The highest BCUT2D eigenvalue weighted by molar-refractivity contribution is 6.00. The Balaban J connectivity index is 2.48. The van der Waals surface area contributed by atoms with Crippen LogP contribution < -0.4 is 0 Å². The summed E-state index contributed by atoms with van der Waals surface area (Å²) in [5.41, 5.74) is 3.54. The summed E-state index contributed by atoms with van der Waals surface area (Å²) in [5, 5.41) is 0. The van der Waals surface area contributed by atoms with Gasteiger partial charge in [-0.15, -0.1) is 0 Å². The van der Waals surface area contributed by atoms with Gasteiger partial charge in [0, 0.05) is 12.0 Å². The number of hydrogen-bond acceptors (Lipinski definition) is 1. The molecular weight excluding hydrogens is 148 g/mol. The van der Waals surface area contributed by atoms with E-state index in [4.69, 9.17) is 0 Å². The van der Waals surface area contributed by atoms with Crippen LogP contribution in [0, 0.1) is 0 Å². The smallest absolute Gasteiger partial charge is 0.163 e. The van der Waals surface area contributed by atoms with Crippen molar-refractivity contribution in [1.29, 1.82) is 0 Å². The van der Waals surface area contributed by atoms with Crippen molar-refractivity contribution in [2.24, 2.45) is 0 Å². The number of aryl methyl sites for hydroxylation is 2. The molecule has 1 nitrogen and oxygen atoms in total. The van der Waals surface area contributed by atoms with Crippen LogP contribution in [0.4, 0.5) is 0 Å². The number of Topliss-reactive ketones (excluding diaryl/α,β-unsaturated/α-hetero) is 1.